The molecule has 0 fully saturated rings. The second kappa shape index (κ2) is 14.8. The van der Waals surface area contributed by atoms with Crippen molar-refractivity contribution in [2.75, 3.05) is 0 Å². The Balaban J connectivity index is 1.10. The summed E-state index contributed by atoms with van der Waals surface area (Å²) in [5, 5.41) is 19.8. The molecule has 0 atom stereocenters. The van der Waals surface area contributed by atoms with E-state index in [1.807, 2.05) is 66.7 Å². The first-order valence-corrected chi connectivity index (χ1v) is 23.8. The second-order valence-electron chi connectivity index (χ2n) is 16.9. The molecule has 0 saturated heterocycles. The van der Waals surface area contributed by atoms with Gasteiger partial charge in [0, 0.05) is 78.6 Å². The minimum atomic E-state index is 0.404. The molecule has 7 nitrogen and oxygen atoms in total. The SMILES string of the molecule is [C-]#[N+]c1ccc(-n2c3ccccc3c3ccc4sc5ccccc5c4c32)c(-c2nc(-c3ccccc3)nc(-c3cc(C#N)ccc3-n3c4ccccc4c4ccc5sc6ccccc6c5c43)n2)c1. The fourth-order valence-electron chi connectivity index (χ4n) is 10.3. The summed E-state index contributed by atoms with van der Waals surface area (Å²) in [6.45, 7) is 8.26. The van der Waals surface area contributed by atoms with Crippen LogP contribution < -0.4 is 0 Å². The van der Waals surface area contributed by atoms with E-state index in [0.29, 0.717) is 39.9 Å². The number of nitriles is 1. The molecule has 0 aliphatic carbocycles. The van der Waals surface area contributed by atoms with Gasteiger partial charge in [0.25, 0.3) is 0 Å². The zero-order valence-electron chi connectivity index (χ0n) is 35.8. The van der Waals surface area contributed by atoms with Gasteiger partial charge in [-0.25, -0.2) is 19.8 Å². The minimum absolute atomic E-state index is 0.404. The molecule has 14 aromatic rings. The smallest absolute Gasteiger partial charge is 0.188 e. The lowest BCUT2D eigenvalue weighted by Gasteiger charge is -2.17. The van der Waals surface area contributed by atoms with E-state index in [9.17, 15) is 5.26 Å². The highest BCUT2D eigenvalue weighted by Gasteiger charge is 2.25. The lowest BCUT2D eigenvalue weighted by atomic mass is 10.1. The lowest BCUT2D eigenvalue weighted by Crippen LogP contribution is -2.06. The molecule has 0 saturated carbocycles. The third-order valence-corrected chi connectivity index (χ3v) is 15.5. The van der Waals surface area contributed by atoms with Crippen LogP contribution in [0.1, 0.15) is 5.56 Å². The fraction of sp³-hybridized carbons (Fsp3) is 0. The topological polar surface area (TPSA) is 76.7 Å². The van der Waals surface area contributed by atoms with Gasteiger partial charge < -0.3 is 9.13 Å². The number of para-hydroxylation sites is 2. The predicted molar refractivity (Wildman–Crippen MR) is 282 cm³/mol. The number of hydrogen-bond donors (Lipinski definition) is 0. The average Bonchev–Trinajstić information content (AvgIpc) is 4.16. The largest absolute Gasteiger partial charge is 0.308 e. The predicted octanol–water partition coefficient (Wildman–Crippen LogP) is 16.2. The number of fused-ring (bicyclic) bond motifs is 14. The number of hydrogen-bond acceptors (Lipinski definition) is 6. The van der Waals surface area contributed by atoms with E-state index in [0.717, 1.165) is 60.5 Å². The van der Waals surface area contributed by atoms with Gasteiger partial charge in [0.1, 0.15) is 0 Å². The highest BCUT2D eigenvalue weighted by atomic mass is 32.1. The normalized spacial score (nSPS) is 11.8. The molecule has 9 aromatic carbocycles. The summed E-state index contributed by atoms with van der Waals surface area (Å²) in [6.07, 6.45) is 0. The van der Waals surface area contributed by atoms with Crippen molar-refractivity contribution >= 4 is 112 Å². The van der Waals surface area contributed by atoms with Crippen LogP contribution in [0, 0.1) is 17.9 Å². The van der Waals surface area contributed by atoms with Crippen LogP contribution in [0.5, 0.6) is 0 Å². The Hall–Kier alpha value is -8.99. The van der Waals surface area contributed by atoms with Gasteiger partial charge in [-0.05, 0) is 66.7 Å². The molecule has 14 rings (SSSR count). The molecule has 0 amide bonds. The van der Waals surface area contributed by atoms with E-state index in [1.165, 1.54) is 40.3 Å². The van der Waals surface area contributed by atoms with Crippen LogP contribution in [0.2, 0.25) is 0 Å². The fourth-order valence-corrected chi connectivity index (χ4v) is 12.5. The van der Waals surface area contributed by atoms with Crippen LogP contribution in [0.3, 0.4) is 0 Å². The van der Waals surface area contributed by atoms with Gasteiger partial charge in [-0.3, -0.25) is 0 Å². The number of thiophene rings is 2. The summed E-state index contributed by atoms with van der Waals surface area (Å²) < 4.78 is 9.48. The first kappa shape index (κ1) is 38.3. The van der Waals surface area contributed by atoms with E-state index < -0.39 is 0 Å². The van der Waals surface area contributed by atoms with Gasteiger partial charge in [0.2, 0.25) is 0 Å². The van der Waals surface area contributed by atoms with Crippen LogP contribution in [-0.2, 0) is 0 Å². The average molecular weight is 902 g/mol. The Morgan fingerprint density at radius 2 is 0.926 bits per heavy atom. The summed E-state index contributed by atoms with van der Waals surface area (Å²) in [7, 11) is 0. The molecule has 0 radical (unpaired) electrons. The highest BCUT2D eigenvalue weighted by Crippen LogP contribution is 2.47. The quantitative estimate of drug-likeness (QED) is 0.161. The monoisotopic (exact) mass is 901 g/mol. The van der Waals surface area contributed by atoms with Gasteiger partial charge in [0.05, 0.1) is 51.6 Å². The summed E-state index contributed by atoms with van der Waals surface area (Å²) in [5.74, 6) is 1.28. The third kappa shape index (κ3) is 5.58. The molecule has 314 valence electrons. The van der Waals surface area contributed by atoms with Crippen molar-refractivity contribution in [3.63, 3.8) is 0 Å². The van der Waals surface area contributed by atoms with E-state index >= 15 is 0 Å². The zero-order valence-corrected chi connectivity index (χ0v) is 37.5. The Bertz CT molecular complexity index is 4270. The van der Waals surface area contributed by atoms with Crippen LogP contribution in [-0.4, -0.2) is 24.1 Å². The lowest BCUT2D eigenvalue weighted by molar-refractivity contribution is 1.06. The summed E-state index contributed by atoms with van der Waals surface area (Å²) >= 11 is 3.58. The van der Waals surface area contributed by atoms with E-state index in [-0.39, 0.29) is 0 Å². The Kier molecular flexibility index (Phi) is 8.31. The van der Waals surface area contributed by atoms with Crippen LogP contribution in [0.25, 0.3) is 134 Å². The van der Waals surface area contributed by atoms with Crippen molar-refractivity contribution < 1.29 is 0 Å². The molecule has 5 heterocycles. The maximum atomic E-state index is 10.5. The van der Waals surface area contributed by atoms with Crippen molar-refractivity contribution in [1.82, 2.24) is 24.1 Å². The van der Waals surface area contributed by atoms with E-state index in [2.05, 4.69) is 141 Å². The number of aromatic nitrogens is 5. The molecule has 0 aliphatic heterocycles. The number of benzene rings is 9. The molecule has 0 aliphatic rings. The van der Waals surface area contributed by atoms with Crippen molar-refractivity contribution in [3.8, 4) is 51.6 Å². The Morgan fingerprint density at radius 3 is 1.49 bits per heavy atom. The van der Waals surface area contributed by atoms with Crippen molar-refractivity contribution in [3.05, 3.63) is 205 Å². The number of rotatable bonds is 5. The first-order valence-electron chi connectivity index (χ1n) is 22.2. The van der Waals surface area contributed by atoms with Crippen LogP contribution in [0.4, 0.5) is 5.69 Å². The third-order valence-electron chi connectivity index (χ3n) is 13.2. The van der Waals surface area contributed by atoms with Gasteiger partial charge in [-0.2, -0.15) is 5.26 Å². The number of nitrogens with zero attached hydrogens (tertiary/aromatic N) is 7. The standard InChI is InChI=1S/C59H31N7S2/c1-61-36-24-28-48(66-46-20-10-6-16-38(46)40-26-30-52-54(56(40)66)42-18-8-12-22-50(42)68-52)44(32-36)59-63-57(35-13-3-2-4-14-35)62-58(64-59)43-31-34(33-60)23-27-47(43)65-45-19-9-5-15-37(45)39-25-29-51-53(55(39)65)41-17-7-11-21-49(41)67-51/h2-32H. The summed E-state index contributed by atoms with van der Waals surface area (Å²) in [6, 6.07) is 67.1. The first-order chi connectivity index (χ1) is 33.6. The highest BCUT2D eigenvalue weighted by molar-refractivity contribution is 7.26. The van der Waals surface area contributed by atoms with E-state index in [4.69, 9.17) is 21.5 Å². The molecule has 9 heteroatoms. The van der Waals surface area contributed by atoms with Crippen molar-refractivity contribution in [2.24, 2.45) is 0 Å². The molecule has 68 heavy (non-hydrogen) atoms. The van der Waals surface area contributed by atoms with Gasteiger partial charge >= 0.3 is 0 Å². The molecular formula is C59H31N7S2. The maximum absolute atomic E-state index is 10.5. The zero-order chi connectivity index (χ0) is 45.0. The molecule has 0 unspecified atom stereocenters. The summed E-state index contributed by atoms with van der Waals surface area (Å²) in [4.78, 5) is 20.0. The minimum Gasteiger partial charge on any atom is -0.308 e. The van der Waals surface area contributed by atoms with Crippen molar-refractivity contribution in [2.45, 2.75) is 0 Å². The molecule has 0 bridgehead atoms. The molecular weight excluding hydrogens is 871 g/mol. The van der Waals surface area contributed by atoms with Gasteiger partial charge in [-0.1, -0.05) is 121 Å². The molecule has 5 aromatic heterocycles. The molecule has 0 N–H and O–H groups in total. The van der Waals surface area contributed by atoms with Crippen molar-refractivity contribution in [1.29, 1.82) is 5.26 Å². The van der Waals surface area contributed by atoms with Crippen LogP contribution >= 0.6 is 22.7 Å². The van der Waals surface area contributed by atoms with Gasteiger partial charge in [-0.15, -0.1) is 22.7 Å². The van der Waals surface area contributed by atoms with E-state index in [1.54, 1.807) is 22.7 Å². The maximum Gasteiger partial charge on any atom is 0.188 e. The second-order valence-corrected chi connectivity index (χ2v) is 19.1. The van der Waals surface area contributed by atoms with Crippen LogP contribution in [0.15, 0.2) is 188 Å². The van der Waals surface area contributed by atoms with Gasteiger partial charge in [0.15, 0.2) is 23.2 Å². The Labute approximate surface area is 396 Å². The summed E-state index contributed by atoms with van der Waals surface area (Å²) in [5.41, 5.74) is 8.99. The molecule has 0 spiro atoms. The Morgan fingerprint density at radius 1 is 0.441 bits per heavy atom.